The molecule has 0 aliphatic rings. The van der Waals surface area contributed by atoms with Gasteiger partial charge in [0, 0.05) is 19.0 Å². The van der Waals surface area contributed by atoms with Gasteiger partial charge in [0.2, 0.25) is 0 Å². The molecule has 1 aromatic heterocycles. The predicted molar refractivity (Wildman–Crippen MR) is 97.4 cm³/mol. The molecule has 0 bridgehead atoms. The highest BCUT2D eigenvalue weighted by Crippen LogP contribution is 2.16. The summed E-state index contributed by atoms with van der Waals surface area (Å²) in [5.41, 5.74) is 1.21. The Hall–Kier alpha value is -2.45. The van der Waals surface area contributed by atoms with Crippen LogP contribution in [0.1, 0.15) is 28.0 Å². The van der Waals surface area contributed by atoms with Crippen LogP contribution in [-0.2, 0) is 20.9 Å². The number of benzene rings is 1. The highest BCUT2D eigenvalue weighted by atomic mass is 32.1. The number of methoxy groups -OCH3 is 1. The van der Waals surface area contributed by atoms with E-state index in [1.807, 2.05) is 12.3 Å². The van der Waals surface area contributed by atoms with Crippen molar-refractivity contribution in [1.29, 1.82) is 0 Å². The van der Waals surface area contributed by atoms with E-state index in [4.69, 9.17) is 14.2 Å². The van der Waals surface area contributed by atoms with Crippen molar-refractivity contribution in [3.8, 4) is 5.75 Å². The van der Waals surface area contributed by atoms with Gasteiger partial charge >= 0.3 is 5.97 Å². The van der Waals surface area contributed by atoms with Crippen molar-refractivity contribution >= 4 is 23.2 Å². The molecule has 0 spiro atoms. The molecule has 0 aliphatic heterocycles. The molecule has 1 heterocycles. The molecule has 1 N–H and O–H groups in total. The normalized spacial score (nSPS) is 11.7. The summed E-state index contributed by atoms with van der Waals surface area (Å²) in [4.78, 5) is 28.2. The first-order chi connectivity index (χ1) is 12.5. The van der Waals surface area contributed by atoms with Crippen LogP contribution in [-0.4, -0.2) is 43.2 Å². The van der Waals surface area contributed by atoms with E-state index >= 15 is 0 Å². The Morgan fingerprint density at radius 3 is 2.62 bits per heavy atom. The largest absolute Gasteiger partial charge is 0.487 e. The summed E-state index contributed by atoms with van der Waals surface area (Å²) in [6.45, 7) is 4.59. The molecule has 0 saturated heterocycles. The topological polar surface area (TPSA) is 86.8 Å². The van der Waals surface area contributed by atoms with Crippen LogP contribution < -0.4 is 10.1 Å². The summed E-state index contributed by atoms with van der Waals surface area (Å²) >= 11 is 1.57. The Morgan fingerprint density at radius 2 is 2.00 bits per heavy atom. The minimum absolute atomic E-state index is 0.346. The van der Waals surface area contributed by atoms with Gasteiger partial charge in [-0.1, -0.05) is 0 Å². The number of esters is 1. The second kappa shape index (κ2) is 9.88. The van der Waals surface area contributed by atoms with Crippen LogP contribution in [0.25, 0.3) is 0 Å². The number of nitrogens with one attached hydrogen (secondary N) is 1. The van der Waals surface area contributed by atoms with E-state index in [2.05, 4.69) is 10.3 Å². The van der Waals surface area contributed by atoms with E-state index in [1.165, 1.54) is 6.92 Å². The lowest BCUT2D eigenvalue weighted by atomic mass is 10.2. The minimum atomic E-state index is -0.886. The Kier molecular flexibility index (Phi) is 7.55. The van der Waals surface area contributed by atoms with E-state index in [-0.39, 0.29) is 5.91 Å². The van der Waals surface area contributed by atoms with Crippen molar-refractivity contribution in [2.75, 3.05) is 20.3 Å². The average Bonchev–Trinajstić information content (AvgIpc) is 3.05. The third kappa shape index (κ3) is 6.12. The van der Waals surface area contributed by atoms with E-state index in [0.717, 1.165) is 10.7 Å². The first kappa shape index (κ1) is 19.9. The fraction of sp³-hybridized carbons (Fsp3) is 0.389. The van der Waals surface area contributed by atoms with Crippen molar-refractivity contribution in [3.63, 3.8) is 0 Å². The molecule has 0 saturated carbocycles. The Labute approximate surface area is 156 Å². The number of carbonyl (C=O) groups is 2. The molecule has 2 aromatic rings. The number of thiazole rings is 1. The van der Waals surface area contributed by atoms with Gasteiger partial charge in [0.25, 0.3) is 5.91 Å². The van der Waals surface area contributed by atoms with Gasteiger partial charge in [0.1, 0.15) is 12.4 Å². The summed E-state index contributed by atoms with van der Waals surface area (Å²) in [5.74, 6) is -0.312. The van der Waals surface area contributed by atoms with Crippen molar-refractivity contribution < 1.29 is 23.8 Å². The molecule has 1 atom stereocenters. The molecular weight excluding hydrogens is 356 g/mol. The number of carbonyl (C=O) groups excluding carboxylic acids is 2. The van der Waals surface area contributed by atoms with Gasteiger partial charge in [-0.15, -0.1) is 11.3 Å². The van der Waals surface area contributed by atoms with Gasteiger partial charge in [-0.3, -0.25) is 4.79 Å². The van der Waals surface area contributed by atoms with Crippen LogP contribution in [0.15, 0.2) is 29.6 Å². The summed E-state index contributed by atoms with van der Waals surface area (Å²) in [6, 6.07) is 6.55. The first-order valence-electron chi connectivity index (χ1n) is 8.11. The van der Waals surface area contributed by atoms with Crippen LogP contribution in [0.4, 0.5) is 0 Å². The summed E-state index contributed by atoms with van der Waals surface area (Å²) in [6.07, 6.45) is -0.886. The van der Waals surface area contributed by atoms with Gasteiger partial charge < -0.3 is 19.5 Å². The SMILES string of the molecule is COCCNC(=O)[C@@H](C)OC(=O)c1ccc(OCc2csc(C)n2)cc1. The number of rotatable bonds is 9. The van der Waals surface area contributed by atoms with Crippen LogP contribution in [0.5, 0.6) is 5.75 Å². The van der Waals surface area contributed by atoms with Crippen LogP contribution >= 0.6 is 11.3 Å². The average molecular weight is 378 g/mol. The number of amides is 1. The standard InChI is InChI=1S/C18H22N2O5S/c1-12(17(21)19-8-9-23-3)25-18(22)14-4-6-16(7-5-14)24-10-15-11-26-13(2)20-15/h4-7,11-12H,8-10H2,1-3H3,(H,19,21)/t12-/m1/s1. The molecule has 8 heteroatoms. The molecule has 1 aromatic carbocycles. The zero-order valence-electron chi connectivity index (χ0n) is 15.0. The van der Waals surface area contributed by atoms with Crippen LogP contribution in [0.2, 0.25) is 0 Å². The molecule has 140 valence electrons. The monoisotopic (exact) mass is 378 g/mol. The van der Waals surface area contributed by atoms with Gasteiger partial charge in [-0.2, -0.15) is 0 Å². The fourth-order valence-electron chi connectivity index (χ4n) is 2.02. The van der Waals surface area contributed by atoms with Gasteiger partial charge in [-0.05, 0) is 38.1 Å². The molecule has 0 fully saturated rings. The highest BCUT2D eigenvalue weighted by molar-refractivity contribution is 7.09. The van der Waals surface area contributed by atoms with Crippen molar-refractivity contribution in [2.45, 2.75) is 26.6 Å². The van der Waals surface area contributed by atoms with Crippen molar-refractivity contribution in [1.82, 2.24) is 10.3 Å². The maximum absolute atomic E-state index is 12.1. The summed E-state index contributed by atoms with van der Waals surface area (Å²) < 4.78 is 15.6. The van der Waals surface area contributed by atoms with E-state index in [1.54, 1.807) is 42.7 Å². The fourth-order valence-corrected chi connectivity index (χ4v) is 2.62. The molecule has 0 radical (unpaired) electrons. The summed E-state index contributed by atoms with van der Waals surface area (Å²) in [7, 11) is 1.54. The zero-order chi connectivity index (χ0) is 18.9. The maximum Gasteiger partial charge on any atom is 0.338 e. The number of hydrogen-bond acceptors (Lipinski definition) is 7. The quantitative estimate of drug-likeness (QED) is 0.532. The molecular formula is C18H22N2O5S. The van der Waals surface area contributed by atoms with E-state index in [9.17, 15) is 9.59 Å². The van der Waals surface area contributed by atoms with Crippen molar-refractivity contribution in [2.24, 2.45) is 0 Å². The minimum Gasteiger partial charge on any atom is -0.487 e. The molecule has 26 heavy (non-hydrogen) atoms. The lowest BCUT2D eigenvalue weighted by Gasteiger charge is -2.13. The maximum atomic E-state index is 12.1. The third-order valence-electron chi connectivity index (χ3n) is 3.40. The van der Waals surface area contributed by atoms with Gasteiger partial charge in [-0.25, -0.2) is 9.78 Å². The van der Waals surface area contributed by atoms with Crippen LogP contribution in [0.3, 0.4) is 0 Å². The molecule has 7 nitrogen and oxygen atoms in total. The molecule has 0 unspecified atom stereocenters. The number of hydrogen-bond donors (Lipinski definition) is 1. The smallest absolute Gasteiger partial charge is 0.338 e. The van der Waals surface area contributed by atoms with Gasteiger partial charge in [0.05, 0.1) is 22.9 Å². The highest BCUT2D eigenvalue weighted by Gasteiger charge is 2.18. The van der Waals surface area contributed by atoms with Crippen LogP contribution in [0, 0.1) is 6.92 Å². The zero-order valence-corrected chi connectivity index (χ0v) is 15.8. The molecule has 1 amide bonds. The van der Waals surface area contributed by atoms with E-state index < -0.39 is 12.1 Å². The van der Waals surface area contributed by atoms with E-state index in [0.29, 0.717) is 31.1 Å². The number of nitrogens with zero attached hydrogens (tertiary/aromatic N) is 1. The van der Waals surface area contributed by atoms with Crippen molar-refractivity contribution in [3.05, 3.63) is 45.9 Å². The lowest BCUT2D eigenvalue weighted by molar-refractivity contribution is -0.129. The van der Waals surface area contributed by atoms with Gasteiger partial charge in [0.15, 0.2) is 6.10 Å². The molecule has 2 rings (SSSR count). The predicted octanol–water partition coefficient (Wildman–Crippen LogP) is 2.34. The second-order valence-corrected chi connectivity index (χ2v) is 6.56. The second-order valence-electron chi connectivity index (χ2n) is 5.50. The number of aromatic nitrogens is 1. The third-order valence-corrected chi connectivity index (χ3v) is 4.22. The number of ether oxygens (including phenoxy) is 3. The Morgan fingerprint density at radius 1 is 1.27 bits per heavy atom. The Bertz CT molecular complexity index is 729. The summed E-state index contributed by atoms with van der Waals surface area (Å²) in [5, 5.41) is 5.55. The Balaban J connectivity index is 1.82. The lowest BCUT2D eigenvalue weighted by Crippen LogP contribution is -2.37. The first-order valence-corrected chi connectivity index (χ1v) is 8.99. The molecule has 0 aliphatic carbocycles. The number of aryl methyl sites for hydroxylation is 1.